The van der Waals surface area contributed by atoms with Crippen LogP contribution in [0.4, 0.5) is 10.2 Å². The lowest BCUT2D eigenvalue weighted by Gasteiger charge is -2.11. The summed E-state index contributed by atoms with van der Waals surface area (Å²) in [5.74, 6) is 1.71. The Morgan fingerprint density at radius 3 is 2.76 bits per heavy atom. The Hall–Kier alpha value is -2.77. The number of ketones is 1. The minimum atomic E-state index is -0.455. The standard InChI is InChI=1S/C21H28FN5O2/c1-13(2)10-15(28)8-6-5-7-9-23-20-21-26-25-14(3)27(21)18-11-16(22)19(29-4)12-17(18)24-20/h11-13H,5-10H2,1-4H3,(H,23,24). The van der Waals surface area contributed by atoms with Crippen LogP contribution < -0.4 is 10.1 Å². The van der Waals surface area contributed by atoms with Crippen LogP contribution in [0.5, 0.6) is 5.75 Å². The van der Waals surface area contributed by atoms with Crippen LogP contribution in [-0.4, -0.2) is 39.0 Å². The third-order valence-corrected chi connectivity index (χ3v) is 4.82. The molecule has 8 heteroatoms. The first-order valence-electron chi connectivity index (χ1n) is 10.0. The summed E-state index contributed by atoms with van der Waals surface area (Å²) in [5.41, 5.74) is 1.75. The second-order valence-electron chi connectivity index (χ2n) is 7.72. The number of anilines is 1. The molecule has 0 aliphatic rings. The van der Waals surface area contributed by atoms with Crippen molar-refractivity contribution in [2.24, 2.45) is 5.92 Å². The molecule has 0 aliphatic heterocycles. The number of fused-ring (bicyclic) bond motifs is 3. The van der Waals surface area contributed by atoms with Crippen LogP contribution in [0.25, 0.3) is 16.7 Å². The van der Waals surface area contributed by atoms with Crippen LogP contribution >= 0.6 is 0 Å². The van der Waals surface area contributed by atoms with Gasteiger partial charge in [0.1, 0.15) is 11.6 Å². The van der Waals surface area contributed by atoms with Crippen molar-refractivity contribution in [2.75, 3.05) is 19.0 Å². The number of nitrogens with one attached hydrogen (secondary N) is 1. The van der Waals surface area contributed by atoms with Crippen molar-refractivity contribution in [1.29, 1.82) is 0 Å². The summed E-state index contributed by atoms with van der Waals surface area (Å²) in [6, 6.07) is 2.97. The molecule has 1 N–H and O–H groups in total. The number of Topliss-reactive ketones (excluding diaryl/α,β-unsaturated/α-hetero) is 1. The van der Waals surface area contributed by atoms with Crippen molar-refractivity contribution in [1.82, 2.24) is 19.6 Å². The number of carbonyl (C=O) groups is 1. The summed E-state index contributed by atoms with van der Waals surface area (Å²) in [5, 5.41) is 11.6. The number of hydrogen-bond acceptors (Lipinski definition) is 6. The Labute approximate surface area is 169 Å². The van der Waals surface area contributed by atoms with Crippen molar-refractivity contribution in [3.05, 3.63) is 23.8 Å². The van der Waals surface area contributed by atoms with Crippen molar-refractivity contribution in [2.45, 2.75) is 52.9 Å². The molecule has 0 saturated carbocycles. The number of benzene rings is 1. The van der Waals surface area contributed by atoms with Crippen molar-refractivity contribution in [3.63, 3.8) is 0 Å². The van der Waals surface area contributed by atoms with Gasteiger partial charge in [-0.3, -0.25) is 9.20 Å². The number of hydrogen-bond donors (Lipinski definition) is 1. The maximum atomic E-state index is 14.2. The van der Waals surface area contributed by atoms with Crippen molar-refractivity contribution < 1.29 is 13.9 Å². The van der Waals surface area contributed by atoms with Gasteiger partial charge in [-0.1, -0.05) is 20.3 Å². The second-order valence-corrected chi connectivity index (χ2v) is 7.72. The highest BCUT2D eigenvalue weighted by molar-refractivity contribution is 5.84. The lowest BCUT2D eigenvalue weighted by atomic mass is 10.0. The highest BCUT2D eigenvalue weighted by Crippen LogP contribution is 2.27. The number of nitrogens with zero attached hydrogens (tertiary/aromatic N) is 4. The topological polar surface area (TPSA) is 81.4 Å². The smallest absolute Gasteiger partial charge is 0.204 e. The van der Waals surface area contributed by atoms with Crippen LogP contribution in [0.3, 0.4) is 0 Å². The fourth-order valence-corrected chi connectivity index (χ4v) is 3.44. The minimum Gasteiger partial charge on any atom is -0.494 e. The average molecular weight is 401 g/mol. The highest BCUT2D eigenvalue weighted by atomic mass is 19.1. The molecule has 1 aromatic carbocycles. The zero-order valence-corrected chi connectivity index (χ0v) is 17.5. The Bertz CT molecular complexity index is 1020. The second kappa shape index (κ2) is 9.15. The summed E-state index contributed by atoms with van der Waals surface area (Å²) in [6.45, 7) is 6.65. The largest absolute Gasteiger partial charge is 0.494 e. The van der Waals surface area contributed by atoms with Crippen molar-refractivity contribution >= 4 is 28.3 Å². The predicted octanol–water partition coefficient (Wildman–Crippen LogP) is 4.32. The molecule has 0 radical (unpaired) electrons. The summed E-state index contributed by atoms with van der Waals surface area (Å²) in [7, 11) is 1.43. The van der Waals surface area contributed by atoms with E-state index in [1.807, 2.05) is 6.92 Å². The number of halogens is 1. The van der Waals surface area contributed by atoms with Gasteiger partial charge in [-0.25, -0.2) is 9.37 Å². The summed E-state index contributed by atoms with van der Waals surface area (Å²) < 4.78 is 21.1. The minimum absolute atomic E-state index is 0.145. The van der Waals surface area contributed by atoms with E-state index in [0.717, 1.165) is 19.3 Å². The molecule has 0 unspecified atom stereocenters. The van der Waals surface area contributed by atoms with Crippen LogP contribution in [0.2, 0.25) is 0 Å². The van der Waals surface area contributed by atoms with Gasteiger partial charge in [-0.15, -0.1) is 10.2 Å². The molecule has 3 aromatic rings. The van der Waals surface area contributed by atoms with E-state index in [4.69, 9.17) is 4.74 Å². The van der Waals surface area contributed by atoms with E-state index >= 15 is 0 Å². The van der Waals surface area contributed by atoms with Crippen LogP contribution in [0.15, 0.2) is 12.1 Å². The van der Waals surface area contributed by atoms with E-state index in [-0.39, 0.29) is 5.75 Å². The quantitative estimate of drug-likeness (QED) is 0.510. The number of rotatable bonds is 10. The van der Waals surface area contributed by atoms with Gasteiger partial charge in [0.15, 0.2) is 17.4 Å². The van der Waals surface area contributed by atoms with E-state index in [9.17, 15) is 9.18 Å². The predicted molar refractivity (Wildman–Crippen MR) is 111 cm³/mol. The molecule has 3 rings (SSSR count). The Kier molecular flexibility index (Phi) is 6.61. The summed E-state index contributed by atoms with van der Waals surface area (Å²) in [4.78, 5) is 16.4. The first-order valence-corrected chi connectivity index (χ1v) is 10.0. The van der Waals surface area contributed by atoms with Gasteiger partial charge in [0.05, 0.1) is 18.1 Å². The molecular weight excluding hydrogens is 373 g/mol. The summed E-state index contributed by atoms with van der Waals surface area (Å²) >= 11 is 0. The fourth-order valence-electron chi connectivity index (χ4n) is 3.44. The molecule has 0 saturated heterocycles. The van der Waals surface area contributed by atoms with Crippen LogP contribution in [-0.2, 0) is 4.79 Å². The number of aromatic nitrogens is 4. The molecule has 2 aromatic heterocycles. The van der Waals surface area contributed by atoms with Gasteiger partial charge in [0, 0.05) is 31.5 Å². The molecule has 156 valence electrons. The van der Waals surface area contributed by atoms with Gasteiger partial charge in [0.2, 0.25) is 5.65 Å². The number of ether oxygens (including phenoxy) is 1. The van der Waals surface area contributed by atoms with E-state index in [0.29, 0.717) is 59.4 Å². The Morgan fingerprint density at radius 1 is 1.24 bits per heavy atom. The molecule has 0 atom stereocenters. The molecule has 0 aliphatic carbocycles. The Morgan fingerprint density at radius 2 is 2.03 bits per heavy atom. The molecule has 29 heavy (non-hydrogen) atoms. The van der Waals surface area contributed by atoms with Gasteiger partial charge in [-0.05, 0) is 25.7 Å². The van der Waals surface area contributed by atoms with E-state index in [1.54, 1.807) is 10.5 Å². The van der Waals surface area contributed by atoms with Gasteiger partial charge in [0.25, 0.3) is 0 Å². The van der Waals surface area contributed by atoms with Gasteiger partial charge < -0.3 is 10.1 Å². The third kappa shape index (κ3) is 4.81. The normalized spacial score (nSPS) is 11.5. The SMILES string of the molecule is COc1cc2nc(NCCCCCC(=O)CC(C)C)c3nnc(C)n3c2cc1F. The van der Waals surface area contributed by atoms with Crippen LogP contribution in [0.1, 0.15) is 51.8 Å². The molecular formula is C21H28FN5O2. The molecule has 0 amide bonds. The molecule has 0 spiro atoms. The first kappa shape index (κ1) is 21.0. The van der Waals surface area contributed by atoms with Gasteiger partial charge >= 0.3 is 0 Å². The number of carbonyl (C=O) groups excluding carboxylic acids is 1. The van der Waals surface area contributed by atoms with Crippen LogP contribution in [0, 0.1) is 18.7 Å². The maximum Gasteiger partial charge on any atom is 0.204 e. The molecule has 0 bridgehead atoms. The molecule has 2 heterocycles. The molecule has 0 fully saturated rings. The zero-order chi connectivity index (χ0) is 21.0. The Balaban J connectivity index is 1.69. The van der Waals surface area contributed by atoms with E-state index < -0.39 is 5.82 Å². The lowest BCUT2D eigenvalue weighted by molar-refractivity contribution is -0.119. The number of methoxy groups -OCH3 is 1. The van der Waals surface area contributed by atoms with E-state index in [2.05, 4.69) is 34.3 Å². The van der Waals surface area contributed by atoms with Gasteiger partial charge in [-0.2, -0.15) is 0 Å². The fraction of sp³-hybridized carbons (Fsp3) is 0.524. The highest BCUT2D eigenvalue weighted by Gasteiger charge is 2.15. The lowest BCUT2D eigenvalue weighted by Crippen LogP contribution is -2.08. The summed E-state index contributed by atoms with van der Waals surface area (Å²) in [6.07, 6.45) is 4.08. The number of unbranched alkanes of at least 4 members (excludes halogenated alkanes) is 2. The van der Waals surface area contributed by atoms with E-state index in [1.165, 1.54) is 13.2 Å². The third-order valence-electron chi connectivity index (χ3n) is 4.82. The maximum absolute atomic E-state index is 14.2. The number of aryl methyl sites for hydroxylation is 1. The average Bonchev–Trinajstić information content (AvgIpc) is 3.06. The first-order chi connectivity index (χ1) is 13.9. The zero-order valence-electron chi connectivity index (χ0n) is 17.5. The monoisotopic (exact) mass is 401 g/mol. The van der Waals surface area contributed by atoms with Crippen molar-refractivity contribution in [3.8, 4) is 5.75 Å². The molecule has 7 nitrogen and oxygen atoms in total.